The molecular weight excluding hydrogens is 334 g/mol. The van der Waals surface area contributed by atoms with Gasteiger partial charge < -0.3 is 19.9 Å². The van der Waals surface area contributed by atoms with Gasteiger partial charge in [0, 0.05) is 57.6 Å². The smallest absolute Gasteiger partial charge is 0.248 e. The first kappa shape index (κ1) is 18.8. The van der Waals surface area contributed by atoms with E-state index in [2.05, 4.69) is 10.4 Å². The molecule has 0 saturated carbocycles. The number of nitrogens with zero attached hydrogens (tertiary/aromatic N) is 4. The Morgan fingerprint density at radius 3 is 2.65 bits per heavy atom. The molecule has 2 fully saturated rings. The van der Waals surface area contributed by atoms with E-state index in [1.54, 1.807) is 11.1 Å². The molecule has 3 rings (SSSR count). The number of hydrogen-bond donors (Lipinski definition) is 1. The van der Waals surface area contributed by atoms with Gasteiger partial charge in [0.05, 0.1) is 0 Å². The number of amides is 2. The molecule has 2 aliphatic rings. The molecule has 2 amide bonds. The number of ether oxygens (including phenoxy) is 1. The molecule has 3 heterocycles. The van der Waals surface area contributed by atoms with Gasteiger partial charge in [-0.25, -0.2) is 0 Å². The second-order valence-electron chi connectivity index (χ2n) is 7.01. The van der Waals surface area contributed by atoms with Crippen LogP contribution in [0.4, 0.5) is 0 Å². The monoisotopic (exact) mass is 363 g/mol. The fraction of sp³-hybridized carbons (Fsp3) is 0.722. The van der Waals surface area contributed by atoms with Crippen molar-refractivity contribution >= 4 is 11.8 Å². The van der Waals surface area contributed by atoms with Crippen LogP contribution in [0, 0.1) is 0 Å². The van der Waals surface area contributed by atoms with Gasteiger partial charge >= 0.3 is 0 Å². The maximum atomic E-state index is 12.8. The SMILES string of the molecule is COCC(=O)N1CCCN(C(=O)Cn2nccc2C2CCCNC2)CC1. The molecule has 1 aromatic rings. The summed E-state index contributed by atoms with van der Waals surface area (Å²) < 4.78 is 6.77. The van der Waals surface area contributed by atoms with E-state index < -0.39 is 0 Å². The van der Waals surface area contributed by atoms with Crippen LogP contribution in [0.15, 0.2) is 12.3 Å². The third kappa shape index (κ3) is 4.62. The molecular formula is C18H29N5O3. The number of nitrogens with one attached hydrogen (secondary N) is 1. The van der Waals surface area contributed by atoms with Crippen LogP contribution >= 0.6 is 0 Å². The van der Waals surface area contributed by atoms with Gasteiger partial charge in [-0.1, -0.05) is 0 Å². The lowest BCUT2D eigenvalue weighted by molar-refractivity contribution is -0.136. The molecule has 1 unspecified atom stereocenters. The van der Waals surface area contributed by atoms with Crippen LogP contribution in [0.25, 0.3) is 0 Å². The Bertz CT molecular complexity index is 612. The minimum atomic E-state index is -0.0130. The van der Waals surface area contributed by atoms with Crippen LogP contribution in [0.3, 0.4) is 0 Å². The van der Waals surface area contributed by atoms with Gasteiger partial charge in [0.25, 0.3) is 0 Å². The van der Waals surface area contributed by atoms with Gasteiger partial charge in [-0.3, -0.25) is 14.3 Å². The highest BCUT2D eigenvalue weighted by atomic mass is 16.5. The summed E-state index contributed by atoms with van der Waals surface area (Å²) in [5, 5.41) is 7.79. The maximum Gasteiger partial charge on any atom is 0.248 e. The Balaban J connectivity index is 1.57. The lowest BCUT2D eigenvalue weighted by Crippen LogP contribution is -2.40. The quantitative estimate of drug-likeness (QED) is 0.800. The van der Waals surface area contributed by atoms with E-state index in [1.807, 2.05) is 15.6 Å². The van der Waals surface area contributed by atoms with Gasteiger partial charge in [0.1, 0.15) is 13.2 Å². The molecule has 0 aliphatic carbocycles. The van der Waals surface area contributed by atoms with E-state index in [0.29, 0.717) is 32.1 Å². The third-order valence-corrected chi connectivity index (χ3v) is 5.22. The Kier molecular flexibility index (Phi) is 6.62. The third-order valence-electron chi connectivity index (χ3n) is 5.22. The largest absolute Gasteiger partial charge is 0.375 e. The van der Waals surface area contributed by atoms with Crippen molar-refractivity contribution in [2.24, 2.45) is 0 Å². The van der Waals surface area contributed by atoms with Crippen LogP contribution in [0.2, 0.25) is 0 Å². The highest BCUT2D eigenvalue weighted by molar-refractivity contribution is 5.78. The Morgan fingerprint density at radius 2 is 1.96 bits per heavy atom. The van der Waals surface area contributed by atoms with Gasteiger partial charge in [-0.15, -0.1) is 0 Å². The molecule has 2 saturated heterocycles. The fourth-order valence-electron chi connectivity index (χ4n) is 3.79. The first-order valence-corrected chi connectivity index (χ1v) is 9.46. The predicted octanol–water partition coefficient (Wildman–Crippen LogP) is 0.0574. The highest BCUT2D eigenvalue weighted by Crippen LogP contribution is 2.22. The summed E-state index contributed by atoms with van der Waals surface area (Å²) in [5.74, 6) is 0.478. The molecule has 8 nitrogen and oxygen atoms in total. The van der Waals surface area contributed by atoms with Crippen molar-refractivity contribution in [2.45, 2.75) is 31.7 Å². The zero-order valence-electron chi connectivity index (χ0n) is 15.5. The molecule has 0 spiro atoms. The van der Waals surface area contributed by atoms with Crippen LogP contribution in [-0.4, -0.2) is 84.4 Å². The summed E-state index contributed by atoms with van der Waals surface area (Å²) >= 11 is 0. The lowest BCUT2D eigenvalue weighted by Gasteiger charge is -2.25. The van der Waals surface area contributed by atoms with Gasteiger partial charge in [0.15, 0.2) is 0 Å². The van der Waals surface area contributed by atoms with Crippen molar-refractivity contribution in [3.63, 3.8) is 0 Å². The van der Waals surface area contributed by atoms with Crippen LogP contribution < -0.4 is 5.32 Å². The van der Waals surface area contributed by atoms with Crippen molar-refractivity contribution in [3.05, 3.63) is 18.0 Å². The van der Waals surface area contributed by atoms with Crippen molar-refractivity contribution in [1.29, 1.82) is 0 Å². The van der Waals surface area contributed by atoms with Crippen molar-refractivity contribution in [3.8, 4) is 0 Å². The van der Waals surface area contributed by atoms with E-state index in [1.165, 1.54) is 7.11 Å². The number of methoxy groups -OCH3 is 1. The minimum absolute atomic E-state index is 0.0130. The highest BCUT2D eigenvalue weighted by Gasteiger charge is 2.24. The lowest BCUT2D eigenvalue weighted by atomic mass is 9.96. The first-order chi connectivity index (χ1) is 12.7. The van der Waals surface area contributed by atoms with E-state index in [0.717, 1.165) is 38.0 Å². The van der Waals surface area contributed by atoms with Crippen molar-refractivity contribution < 1.29 is 14.3 Å². The predicted molar refractivity (Wildman–Crippen MR) is 96.7 cm³/mol. The minimum Gasteiger partial charge on any atom is -0.375 e. The summed E-state index contributed by atoms with van der Waals surface area (Å²) in [5.41, 5.74) is 1.14. The van der Waals surface area contributed by atoms with E-state index >= 15 is 0 Å². The molecule has 144 valence electrons. The van der Waals surface area contributed by atoms with Crippen LogP contribution in [0.1, 0.15) is 30.9 Å². The second kappa shape index (κ2) is 9.14. The summed E-state index contributed by atoms with van der Waals surface area (Å²) in [6.45, 7) is 4.85. The summed E-state index contributed by atoms with van der Waals surface area (Å²) in [6.07, 6.45) is 4.86. The van der Waals surface area contributed by atoms with Gasteiger partial charge in [0.2, 0.25) is 11.8 Å². The Morgan fingerprint density at radius 1 is 1.19 bits per heavy atom. The zero-order valence-corrected chi connectivity index (χ0v) is 15.5. The summed E-state index contributed by atoms with van der Waals surface area (Å²) in [4.78, 5) is 28.4. The normalized spacial score (nSPS) is 21.5. The van der Waals surface area contributed by atoms with Crippen LogP contribution in [-0.2, 0) is 20.9 Å². The number of carbonyl (C=O) groups excluding carboxylic acids is 2. The Hall–Kier alpha value is -1.93. The standard InChI is InChI=1S/C18H29N5O3/c1-26-14-18(25)22-9-3-8-21(10-11-22)17(24)13-23-16(5-7-20-23)15-4-2-6-19-12-15/h5,7,15,19H,2-4,6,8-14H2,1H3. The number of carbonyl (C=O) groups is 2. The summed E-state index contributed by atoms with van der Waals surface area (Å²) in [6, 6.07) is 2.03. The van der Waals surface area contributed by atoms with E-state index in [4.69, 9.17) is 4.74 Å². The van der Waals surface area contributed by atoms with E-state index in [-0.39, 0.29) is 25.0 Å². The molecule has 1 aromatic heterocycles. The molecule has 2 aliphatic heterocycles. The summed E-state index contributed by atoms with van der Waals surface area (Å²) in [7, 11) is 1.52. The topological polar surface area (TPSA) is 79.7 Å². The molecule has 1 atom stereocenters. The Labute approximate surface area is 154 Å². The van der Waals surface area contributed by atoms with E-state index in [9.17, 15) is 9.59 Å². The molecule has 1 N–H and O–H groups in total. The van der Waals surface area contributed by atoms with Crippen molar-refractivity contribution in [1.82, 2.24) is 24.9 Å². The second-order valence-corrected chi connectivity index (χ2v) is 7.01. The van der Waals surface area contributed by atoms with Crippen LogP contribution in [0.5, 0.6) is 0 Å². The number of piperidine rings is 1. The number of aromatic nitrogens is 2. The zero-order chi connectivity index (χ0) is 18.4. The van der Waals surface area contributed by atoms with Gasteiger partial charge in [-0.2, -0.15) is 5.10 Å². The molecule has 8 heteroatoms. The fourth-order valence-corrected chi connectivity index (χ4v) is 3.79. The average Bonchev–Trinajstić information content (AvgIpc) is 2.96. The van der Waals surface area contributed by atoms with Crippen molar-refractivity contribution in [2.75, 3.05) is 53.0 Å². The van der Waals surface area contributed by atoms with Gasteiger partial charge in [-0.05, 0) is 31.9 Å². The molecule has 0 radical (unpaired) electrons. The molecule has 0 bridgehead atoms. The number of rotatable bonds is 5. The number of hydrogen-bond acceptors (Lipinski definition) is 5. The maximum absolute atomic E-state index is 12.8. The molecule has 0 aromatic carbocycles. The first-order valence-electron chi connectivity index (χ1n) is 9.46. The molecule has 26 heavy (non-hydrogen) atoms. The average molecular weight is 363 g/mol.